The number of hydrogen-bond acceptors (Lipinski definition) is 3. The summed E-state index contributed by atoms with van der Waals surface area (Å²) in [5, 5.41) is 2.61. The standard InChI is InChI=1S/C20H22F3NO3/c1-12(2)17-10-5-13(3)11-18(17)26-14(4)19(25)24-15-6-8-16(9-7-15)27-20(21,22)23/h5-12,14H,1-4H3,(H,24,25). The summed E-state index contributed by atoms with van der Waals surface area (Å²) in [6, 6.07) is 10.8. The molecule has 0 saturated carbocycles. The number of anilines is 1. The van der Waals surface area contributed by atoms with Crippen LogP contribution in [0.4, 0.5) is 18.9 Å². The number of ether oxygens (including phenoxy) is 2. The lowest BCUT2D eigenvalue weighted by molar-refractivity contribution is -0.274. The van der Waals surface area contributed by atoms with Gasteiger partial charge in [-0.05, 0) is 61.2 Å². The molecule has 0 radical (unpaired) electrons. The highest BCUT2D eigenvalue weighted by Crippen LogP contribution is 2.29. The fourth-order valence-corrected chi connectivity index (χ4v) is 2.45. The summed E-state index contributed by atoms with van der Waals surface area (Å²) < 4.78 is 46.1. The van der Waals surface area contributed by atoms with Crippen molar-refractivity contribution in [2.75, 3.05) is 5.32 Å². The van der Waals surface area contributed by atoms with Crippen molar-refractivity contribution in [2.45, 2.75) is 46.1 Å². The van der Waals surface area contributed by atoms with Gasteiger partial charge in [-0.25, -0.2) is 0 Å². The Morgan fingerprint density at radius 3 is 2.22 bits per heavy atom. The highest BCUT2D eigenvalue weighted by Gasteiger charge is 2.31. The largest absolute Gasteiger partial charge is 0.573 e. The zero-order valence-electron chi connectivity index (χ0n) is 15.6. The van der Waals surface area contributed by atoms with Crippen molar-refractivity contribution in [2.24, 2.45) is 0 Å². The fraction of sp³-hybridized carbons (Fsp3) is 0.350. The van der Waals surface area contributed by atoms with Crippen molar-refractivity contribution in [1.82, 2.24) is 0 Å². The molecule has 2 rings (SSSR count). The van der Waals surface area contributed by atoms with Crippen LogP contribution in [0.1, 0.15) is 37.8 Å². The van der Waals surface area contributed by atoms with E-state index < -0.39 is 18.4 Å². The smallest absolute Gasteiger partial charge is 0.481 e. The highest BCUT2D eigenvalue weighted by atomic mass is 19.4. The van der Waals surface area contributed by atoms with E-state index in [-0.39, 0.29) is 11.7 Å². The molecule has 4 nitrogen and oxygen atoms in total. The molecular weight excluding hydrogens is 359 g/mol. The number of carbonyl (C=O) groups excluding carboxylic acids is 1. The van der Waals surface area contributed by atoms with Gasteiger partial charge in [-0.2, -0.15) is 0 Å². The monoisotopic (exact) mass is 381 g/mol. The van der Waals surface area contributed by atoms with Crippen molar-refractivity contribution < 1.29 is 27.4 Å². The molecule has 0 fully saturated rings. The maximum atomic E-state index is 12.3. The molecule has 2 aromatic carbocycles. The van der Waals surface area contributed by atoms with Gasteiger partial charge in [0, 0.05) is 5.69 Å². The second kappa shape index (κ2) is 8.33. The zero-order chi connectivity index (χ0) is 20.2. The van der Waals surface area contributed by atoms with Gasteiger partial charge in [0.25, 0.3) is 5.91 Å². The summed E-state index contributed by atoms with van der Waals surface area (Å²) in [6.45, 7) is 7.62. The second-order valence-electron chi connectivity index (χ2n) is 6.52. The van der Waals surface area contributed by atoms with E-state index >= 15 is 0 Å². The van der Waals surface area contributed by atoms with Crippen LogP contribution in [-0.4, -0.2) is 18.4 Å². The van der Waals surface area contributed by atoms with Gasteiger partial charge in [0.15, 0.2) is 6.10 Å². The Morgan fingerprint density at radius 1 is 1.04 bits per heavy atom. The number of hydrogen-bond donors (Lipinski definition) is 1. The Bertz CT molecular complexity index is 786. The third kappa shape index (κ3) is 6.20. The van der Waals surface area contributed by atoms with Crippen molar-refractivity contribution >= 4 is 11.6 Å². The van der Waals surface area contributed by atoms with E-state index in [1.54, 1.807) is 6.92 Å². The lowest BCUT2D eigenvalue weighted by Gasteiger charge is -2.19. The average Bonchev–Trinajstić information content (AvgIpc) is 2.55. The highest BCUT2D eigenvalue weighted by molar-refractivity contribution is 5.94. The second-order valence-corrected chi connectivity index (χ2v) is 6.52. The van der Waals surface area contributed by atoms with E-state index in [1.165, 1.54) is 12.1 Å². The molecule has 0 aromatic heterocycles. The molecule has 0 aliphatic rings. The average molecular weight is 381 g/mol. The predicted molar refractivity (Wildman–Crippen MR) is 97.1 cm³/mol. The van der Waals surface area contributed by atoms with E-state index in [1.807, 2.05) is 39.0 Å². The summed E-state index contributed by atoms with van der Waals surface area (Å²) >= 11 is 0. The van der Waals surface area contributed by atoms with Crippen molar-refractivity contribution in [1.29, 1.82) is 0 Å². The quantitative estimate of drug-likeness (QED) is 0.726. The van der Waals surface area contributed by atoms with E-state index in [9.17, 15) is 18.0 Å². The van der Waals surface area contributed by atoms with Crippen LogP contribution in [0.2, 0.25) is 0 Å². The molecule has 0 heterocycles. The lowest BCUT2D eigenvalue weighted by atomic mass is 10.0. The topological polar surface area (TPSA) is 47.6 Å². The molecule has 0 bridgehead atoms. The number of aryl methyl sites for hydroxylation is 1. The van der Waals surface area contributed by atoms with E-state index in [4.69, 9.17) is 4.74 Å². The SMILES string of the molecule is Cc1ccc(C(C)C)c(OC(C)C(=O)Nc2ccc(OC(F)(F)F)cc2)c1. The maximum absolute atomic E-state index is 12.3. The molecule has 2 aromatic rings. The Hall–Kier alpha value is -2.70. The molecule has 1 amide bonds. The van der Waals surface area contributed by atoms with Gasteiger partial charge in [0.1, 0.15) is 11.5 Å². The van der Waals surface area contributed by atoms with Crippen LogP contribution in [0.5, 0.6) is 11.5 Å². The first-order valence-corrected chi connectivity index (χ1v) is 8.49. The molecule has 146 valence electrons. The Kier molecular flexibility index (Phi) is 6.36. The maximum Gasteiger partial charge on any atom is 0.573 e. The van der Waals surface area contributed by atoms with E-state index in [0.29, 0.717) is 11.4 Å². The first kappa shape index (κ1) is 20.6. The Balaban J connectivity index is 2.03. The predicted octanol–water partition coefficient (Wildman–Crippen LogP) is 5.42. The summed E-state index contributed by atoms with van der Waals surface area (Å²) in [5.74, 6) is 0.112. The molecule has 1 atom stereocenters. The molecule has 0 saturated heterocycles. The van der Waals surface area contributed by atoms with Crippen molar-refractivity contribution in [3.8, 4) is 11.5 Å². The van der Waals surface area contributed by atoms with E-state index in [0.717, 1.165) is 23.3 Å². The molecule has 0 aliphatic heterocycles. The fourth-order valence-electron chi connectivity index (χ4n) is 2.45. The van der Waals surface area contributed by atoms with Crippen LogP contribution >= 0.6 is 0 Å². The molecule has 27 heavy (non-hydrogen) atoms. The summed E-state index contributed by atoms with van der Waals surface area (Å²) in [7, 11) is 0. The zero-order valence-corrected chi connectivity index (χ0v) is 15.6. The summed E-state index contributed by atoms with van der Waals surface area (Å²) in [5.41, 5.74) is 2.36. The first-order valence-electron chi connectivity index (χ1n) is 8.49. The molecule has 0 aliphatic carbocycles. The van der Waals surface area contributed by atoms with Gasteiger partial charge in [0.2, 0.25) is 0 Å². The minimum atomic E-state index is -4.75. The Morgan fingerprint density at radius 2 is 1.67 bits per heavy atom. The molecule has 7 heteroatoms. The lowest BCUT2D eigenvalue weighted by Crippen LogP contribution is -2.30. The van der Waals surface area contributed by atoms with Gasteiger partial charge in [-0.3, -0.25) is 4.79 Å². The number of alkyl halides is 3. The number of halogens is 3. The van der Waals surface area contributed by atoms with E-state index in [2.05, 4.69) is 10.1 Å². The number of carbonyl (C=O) groups is 1. The van der Waals surface area contributed by atoms with Gasteiger partial charge in [-0.15, -0.1) is 13.2 Å². The van der Waals surface area contributed by atoms with Crippen LogP contribution in [0.15, 0.2) is 42.5 Å². The number of amides is 1. The van der Waals surface area contributed by atoms with Gasteiger partial charge in [-0.1, -0.05) is 26.0 Å². The van der Waals surface area contributed by atoms with Crippen LogP contribution in [0.3, 0.4) is 0 Å². The van der Waals surface area contributed by atoms with Gasteiger partial charge < -0.3 is 14.8 Å². The van der Waals surface area contributed by atoms with Crippen LogP contribution in [0, 0.1) is 6.92 Å². The normalized spacial score (nSPS) is 12.6. The third-order valence-corrected chi connectivity index (χ3v) is 3.82. The minimum absolute atomic E-state index is 0.233. The summed E-state index contributed by atoms with van der Waals surface area (Å²) in [4.78, 5) is 12.3. The van der Waals surface area contributed by atoms with Gasteiger partial charge >= 0.3 is 6.36 Å². The summed E-state index contributed by atoms with van der Waals surface area (Å²) in [6.07, 6.45) is -5.54. The Labute approximate surface area is 156 Å². The van der Waals surface area contributed by atoms with Crippen molar-refractivity contribution in [3.63, 3.8) is 0 Å². The molecule has 1 unspecified atom stereocenters. The number of rotatable bonds is 6. The van der Waals surface area contributed by atoms with Crippen LogP contribution in [0.25, 0.3) is 0 Å². The molecule has 1 N–H and O–H groups in total. The molecule has 0 spiro atoms. The van der Waals surface area contributed by atoms with Crippen LogP contribution in [-0.2, 0) is 4.79 Å². The third-order valence-electron chi connectivity index (χ3n) is 3.82. The van der Waals surface area contributed by atoms with Crippen LogP contribution < -0.4 is 14.8 Å². The van der Waals surface area contributed by atoms with Crippen molar-refractivity contribution in [3.05, 3.63) is 53.6 Å². The first-order chi connectivity index (χ1) is 12.5. The number of benzene rings is 2. The van der Waals surface area contributed by atoms with Gasteiger partial charge in [0.05, 0.1) is 0 Å². The minimum Gasteiger partial charge on any atom is -0.481 e. The molecular formula is C20H22F3NO3. The number of nitrogens with one attached hydrogen (secondary N) is 1.